The number of benzene rings is 1. The number of hydrogen-bond donors (Lipinski definition) is 3. The van der Waals surface area contributed by atoms with Crippen LogP contribution in [0.15, 0.2) is 41.0 Å². The Balaban J connectivity index is 1.89. The van der Waals surface area contributed by atoms with Gasteiger partial charge >= 0.3 is 0 Å². The molecule has 0 aliphatic carbocycles. The van der Waals surface area contributed by atoms with Crippen molar-refractivity contribution in [2.24, 2.45) is 5.92 Å². The molecule has 144 valence electrons. The highest BCUT2D eigenvalue weighted by Crippen LogP contribution is 2.13. The van der Waals surface area contributed by atoms with E-state index in [1.54, 1.807) is 30.3 Å². The first-order valence-corrected chi connectivity index (χ1v) is 9.53. The van der Waals surface area contributed by atoms with E-state index in [1.807, 2.05) is 13.8 Å². The molecular formula is C19H23BrN4O3. The lowest BCUT2D eigenvalue weighted by Gasteiger charge is -2.19. The summed E-state index contributed by atoms with van der Waals surface area (Å²) in [6.07, 6.45) is 2.14. The highest BCUT2D eigenvalue weighted by Gasteiger charge is 2.22. The summed E-state index contributed by atoms with van der Waals surface area (Å²) in [5, 5.41) is 11.8. The number of nitrogens with one attached hydrogen (secondary N) is 3. The number of aromatic amines is 1. The third-order valence-corrected chi connectivity index (χ3v) is 4.39. The van der Waals surface area contributed by atoms with E-state index in [-0.39, 0.29) is 36.4 Å². The van der Waals surface area contributed by atoms with Crippen molar-refractivity contribution in [1.82, 2.24) is 15.5 Å². The predicted octanol–water partition coefficient (Wildman–Crippen LogP) is 3.30. The summed E-state index contributed by atoms with van der Waals surface area (Å²) >= 11 is 3.32. The number of ketones is 1. The molecule has 0 spiro atoms. The number of Topliss-reactive ketones (excluding diaryl/α,β-unsaturated/α-hetero) is 1. The summed E-state index contributed by atoms with van der Waals surface area (Å²) < 4.78 is 0.886. The van der Waals surface area contributed by atoms with Crippen LogP contribution in [-0.4, -0.2) is 33.8 Å². The van der Waals surface area contributed by atoms with Crippen LogP contribution < -0.4 is 10.6 Å². The van der Waals surface area contributed by atoms with Crippen molar-refractivity contribution >= 4 is 39.3 Å². The van der Waals surface area contributed by atoms with E-state index >= 15 is 0 Å². The molecule has 2 rings (SSSR count). The minimum Gasteiger partial charge on any atom is -0.344 e. The molecule has 8 heteroatoms. The number of aromatic nitrogens is 2. The lowest BCUT2D eigenvalue weighted by atomic mass is 10.0. The van der Waals surface area contributed by atoms with E-state index in [9.17, 15) is 14.4 Å². The Morgan fingerprint density at radius 1 is 1.11 bits per heavy atom. The van der Waals surface area contributed by atoms with Crippen molar-refractivity contribution in [2.75, 3.05) is 5.32 Å². The zero-order valence-corrected chi connectivity index (χ0v) is 16.9. The molecule has 2 amide bonds. The smallest absolute Gasteiger partial charge is 0.248 e. The van der Waals surface area contributed by atoms with Crippen molar-refractivity contribution in [1.29, 1.82) is 0 Å². The minimum atomic E-state index is -0.677. The van der Waals surface area contributed by atoms with Gasteiger partial charge in [0, 0.05) is 28.9 Å². The average molecular weight is 435 g/mol. The number of hydrogen-bond acceptors (Lipinski definition) is 4. The number of amides is 2. The van der Waals surface area contributed by atoms with Gasteiger partial charge in [-0.1, -0.05) is 41.9 Å². The van der Waals surface area contributed by atoms with Gasteiger partial charge in [-0.05, 0) is 24.5 Å². The number of carbonyl (C=O) groups excluding carboxylic acids is 3. The van der Waals surface area contributed by atoms with Crippen LogP contribution in [0.3, 0.4) is 0 Å². The summed E-state index contributed by atoms with van der Waals surface area (Å²) in [5.74, 6) is -0.0768. The summed E-state index contributed by atoms with van der Waals surface area (Å²) in [6.45, 7) is 3.94. The number of nitrogens with zero attached hydrogens (tertiary/aromatic N) is 1. The van der Waals surface area contributed by atoms with Gasteiger partial charge in [0.25, 0.3) is 0 Å². The van der Waals surface area contributed by atoms with E-state index in [1.165, 1.54) is 6.20 Å². The molecule has 0 bridgehead atoms. The van der Waals surface area contributed by atoms with E-state index in [0.29, 0.717) is 17.8 Å². The number of halogens is 1. The normalized spacial score (nSPS) is 11.9. The van der Waals surface area contributed by atoms with Gasteiger partial charge in [0.2, 0.25) is 11.8 Å². The molecule has 1 atom stereocenters. The molecule has 0 saturated carbocycles. The second-order valence-corrected chi connectivity index (χ2v) is 7.55. The lowest BCUT2D eigenvalue weighted by molar-refractivity contribution is -0.126. The van der Waals surface area contributed by atoms with Crippen molar-refractivity contribution in [3.05, 3.63) is 46.6 Å². The standard InChI is InChI=1S/C19H23BrN4O3/c1-12(2)11-15(19(27)23-17-9-10-21-24-17)22-18(26)8-7-16(25)13-3-5-14(20)6-4-13/h3-6,9-10,12,15H,7-8,11H2,1-2H3,(H,22,26)(H2,21,23,24,27)/t15-/m0/s1. The number of carbonyl (C=O) groups is 3. The van der Waals surface area contributed by atoms with Crippen molar-refractivity contribution in [2.45, 2.75) is 39.2 Å². The number of H-pyrrole nitrogens is 1. The first-order valence-electron chi connectivity index (χ1n) is 8.73. The van der Waals surface area contributed by atoms with Crippen molar-refractivity contribution < 1.29 is 14.4 Å². The van der Waals surface area contributed by atoms with Crippen LogP contribution >= 0.6 is 15.9 Å². The van der Waals surface area contributed by atoms with Crippen LogP contribution in [0.2, 0.25) is 0 Å². The van der Waals surface area contributed by atoms with Gasteiger partial charge in [-0.15, -0.1) is 0 Å². The molecule has 27 heavy (non-hydrogen) atoms. The Hall–Kier alpha value is -2.48. The quantitative estimate of drug-likeness (QED) is 0.526. The molecule has 1 heterocycles. The average Bonchev–Trinajstić information content (AvgIpc) is 3.12. The zero-order valence-electron chi connectivity index (χ0n) is 15.3. The van der Waals surface area contributed by atoms with Gasteiger partial charge in [-0.25, -0.2) is 0 Å². The Kier molecular flexibility index (Phi) is 7.72. The van der Waals surface area contributed by atoms with Crippen LogP contribution in [0.1, 0.15) is 43.5 Å². The van der Waals surface area contributed by atoms with Gasteiger partial charge < -0.3 is 10.6 Å². The molecule has 0 aliphatic rings. The molecule has 2 aromatic rings. The third-order valence-electron chi connectivity index (χ3n) is 3.86. The summed E-state index contributed by atoms with van der Waals surface area (Å²) in [4.78, 5) is 36.9. The molecule has 7 nitrogen and oxygen atoms in total. The first-order chi connectivity index (χ1) is 12.8. The van der Waals surface area contributed by atoms with Crippen LogP contribution in [0.25, 0.3) is 0 Å². The zero-order chi connectivity index (χ0) is 19.8. The fourth-order valence-corrected chi connectivity index (χ4v) is 2.79. The number of rotatable bonds is 9. The van der Waals surface area contributed by atoms with E-state index in [2.05, 4.69) is 36.8 Å². The van der Waals surface area contributed by atoms with Gasteiger partial charge in [-0.2, -0.15) is 5.10 Å². The molecule has 1 aromatic heterocycles. The largest absolute Gasteiger partial charge is 0.344 e. The second kappa shape index (κ2) is 10.0. The summed E-state index contributed by atoms with van der Waals surface area (Å²) in [5.41, 5.74) is 0.557. The molecule has 3 N–H and O–H groups in total. The molecular weight excluding hydrogens is 412 g/mol. The predicted molar refractivity (Wildman–Crippen MR) is 106 cm³/mol. The lowest BCUT2D eigenvalue weighted by Crippen LogP contribution is -2.44. The van der Waals surface area contributed by atoms with Crippen LogP contribution in [0.5, 0.6) is 0 Å². The van der Waals surface area contributed by atoms with Crippen LogP contribution in [-0.2, 0) is 9.59 Å². The summed E-state index contributed by atoms with van der Waals surface area (Å²) in [7, 11) is 0. The van der Waals surface area contributed by atoms with Crippen LogP contribution in [0, 0.1) is 5.92 Å². The molecule has 0 unspecified atom stereocenters. The Bertz CT molecular complexity index is 773. The van der Waals surface area contributed by atoms with Crippen molar-refractivity contribution in [3.63, 3.8) is 0 Å². The van der Waals surface area contributed by atoms with Crippen LogP contribution in [0.4, 0.5) is 5.82 Å². The highest BCUT2D eigenvalue weighted by atomic mass is 79.9. The fraction of sp³-hybridized carbons (Fsp3) is 0.368. The van der Waals surface area contributed by atoms with Gasteiger partial charge in [0.1, 0.15) is 11.9 Å². The van der Waals surface area contributed by atoms with E-state index in [4.69, 9.17) is 0 Å². The molecule has 0 aliphatic heterocycles. The van der Waals surface area contributed by atoms with E-state index < -0.39 is 6.04 Å². The number of anilines is 1. The maximum absolute atomic E-state index is 12.4. The molecule has 1 aromatic carbocycles. The monoisotopic (exact) mass is 434 g/mol. The molecule has 0 saturated heterocycles. The highest BCUT2D eigenvalue weighted by molar-refractivity contribution is 9.10. The fourth-order valence-electron chi connectivity index (χ4n) is 2.52. The van der Waals surface area contributed by atoms with E-state index in [0.717, 1.165) is 4.47 Å². The Morgan fingerprint density at radius 2 is 1.81 bits per heavy atom. The Morgan fingerprint density at radius 3 is 2.41 bits per heavy atom. The van der Waals surface area contributed by atoms with Gasteiger partial charge in [-0.3, -0.25) is 19.5 Å². The first kappa shape index (κ1) is 20.8. The maximum atomic E-state index is 12.4. The molecule has 0 radical (unpaired) electrons. The molecule has 0 fully saturated rings. The Labute approximate surface area is 166 Å². The summed E-state index contributed by atoms with van der Waals surface area (Å²) in [6, 6.07) is 7.94. The van der Waals surface area contributed by atoms with Crippen molar-refractivity contribution in [3.8, 4) is 0 Å². The topological polar surface area (TPSA) is 104 Å². The SMILES string of the molecule is CC(C)C[C@H](NC(=O)CCC(=O)c1ccc(Br)cc1)C(=O)Nc1ccn[nH]1. The minimum absolute atomic E-state index is 0.0286. The van der Waals surface area contributed by atoms with Gasteiger partial charge in [0.15, 0.2) is 5.78 Å². The second-order valence-electron chi connectivity index (χ2n) is 6.64. The van der Waals surface area contributed by atoms with Gasteiger partial charge in [0.05, 0.1) is 6.20 Å². The maximum Gasteiger partial charge on any atom is 0.248 e. The third kappa shape index (κ3) is 6.97.